The predicted octanol–water partition coefficient (Wildman–Crippen LogP) is 3.46. The van der Waals surface area contributed by atoms with Crippen molar-refractivity contribution >= 4 is 28.9 Å². The lowest BCUT2D eigenvalue weighted by Crippen LogP contribution is -2.52. The molecule has 2 N–H and O–H groups in total. The lowest BCUT2D eigenvalue weighted by atomic mass is 10.0. The Morgan fingerprint density at radius 2 is 1.46 bits per heavy atom. The molecular formula is C21H25N3O2. The maximum Gasteiger partial charge on any atom is 0.258 e. The van der Waals surface area contributed by atoms with Gasteiger partial charge in [-0.3, -0.25) is 14.5 Å². The maximum absolute atomic E-state index is 13.1. The van der Waals surface area contributed by atoms with Crippen molar-refractivity contribution in [2.24, 2.45) is 11.7 Å². The molecule has 0 spiro atoms. The number of carbonyl (C=O) groups excluding carboxylic acids is 2. The van der Waals surface area contributed by atoms with E-state index in [0.29, 0.717) is 17.3 Å². The van der Waals surface area contributed by atoms with Crippen molar-refractivity contribution in [2.45, 2.75) is 39.3 Å². The fourth-order valence-electron chi connectivity index (χ4n) is 3.57. The van der Waals surface area contributed by atoms with Gasteiger partial charge in [-0.05, 0) is 43.5 Å². The smallest absolute Gasteiger partial charge is 0.258 e. The Morgan fingerprint density at radius 1 is 0.885 bits per heavy atom. The number of carbonyl (C=O) groups is 2. The van der Waals surface area contributed by atoms with E-state index in [1.165, 1.54) is 0 Å². The average Bonchev–Trinajstić information content (AvgIpc) is 2.70. The van der Waals surface area contributed by atoms with Crippen molar-refractivity contribution in [3.8, 4) is 0 Å². The van der Waals surface area contributed by atoms with Crippen molar-refractivity contribution < 1.29 is 9.59 Å². The summed E-state index contributed by atoms with van der Waals surface area (Å²) in [5.74, 6) is -0.340. The zero-order chi connectivity index (χ0) is 18.8. The van der Waals surface area contributed by atoms with Crippen LogP contribution in [-0.4, -0.2) is 23.9 Å². The van der Waals surface area contributed by atoms with Gasteiger partial charge in [0.05, 0.1) is 11.4 Å². The van der Waals surface area contributed by atoms with Crippen LogP contribution >= 0.6 is 0 Å². The van der Waals surface area contributed by atoms with E-state index in [-0.39, 0.29) is 11.9 Å². The van der Waals surface area contributed by atoms with Crippen molar-refractivity contribution in [1.82, 2.24) is 0 Å². The lowest BCUT2D eigenvalue weighted by Gasteiger charge is -2.31. The number of rotatable bonds is 4. The molecule has 0 bridgehead atoms. The second-order valence-corrected chi connectivity index (χ2v) is 7.16. The molecule has 136 valence electrons. The molecular weight excluding hydrogens is 326 g/mol. The summed E-state index contributed by atoms with van der Waals surface area (Å²) in [6.45, 7) is 6.24. The Kier molecular flexibility index (Phi) is 5.09. The fraction of sp³-hybridized carbons (Fsp3) is 0.333. The highest BCUT2D eigenvalue weighted by Crippen LogP contribution is 2.39. The minimum absolute atomic E-state index is 0.0572. The Morgan fingerprint density at radius 3 is 2.08 bits per heavy atom. The SMILES string of the molecule is CC(C)CC(C)N1C(=O)C(N)C(=O)N(c2ccccc2)c2ccccc21. The topological polar surface area (TPSA) is 66.6 Å². The van der Waals surface area contributed by atoms with Gasteiger partial charge in [-0.25, -0.2) is 0 Å². The van der Waals surface area contributed by atoms with Gasteiger partial charge in [0.15, 0.2) is 6.04 Å². The molecule has 0 saturated heterocycles. The molecule has 5 nitrogen and oxygen atoms in total. The highest BCUT2D eigenvalue weighted by Gasteiger charge is 2.40. The molecule has 1 aliphatic heterocycles. The Bertz CT molecular complexity index is 804. The molecule has 1 heterocycles. The summed E-state index contributed by atoms with van der Waals surface area (Å²) in [6.07, 6.45) is 0.826. The highest BCUT2D eigenvalue weighted by atomic mass is 16.2. The van der Waals surface area contributed by atoms with Gasteiger partial charge in [0.2, 0.25) is 0 Å². The van der Waals surface area contributed by atoms with Crippen LogP contribution in [0.1, 0.15) is 27.2 Å². The third-order valence-electron chi connectivity index (χ3n) is 4.64. The molecule has 0 fully saturated rings. The van der Waals surface area contributed by atoms with Crippen LogP contribution in [0, 0.1) is 5.92 Å². The number of benzene rings is 2. The lowest BCUT2D eigenvalue weighted by molar-refractivity contribution is -0.127. The standard InChI is InChI=1S/C21H25N3O2/c1-14(2)13-15(3)23-17-11-7-8-12-18(17)24(16-9-5-4-6-10-16)21(26)19(22)20(23)25/h4-12,14-15,19H,13,22H2,1-3H3. The van der Waals surface area contributed by atoms with E-state index in [2.05, 4.69) is 13.8 Å². The van der Waals surface area contributed by atoms with Crippen molar-refractivity contribution in [1.29, 1.82) is 0 Å². The van der Waals surface area contributed by atoms with Crippen LogP contribution in [-0.2, 0) is 9.59 Å². The van der Waals surface area contributed by atoms with E-state index >= 15 is 0 Å². The number of fused-ring (bicyclic) bond motifs is 1. The molecule has 2 atom stereocenters. The average molecular weight is 351 g/mol. The molecule has 1 aliphatic rings. The van der Waals surface area contributed by atoms with E-state index in [0.717, 1.165) is 12.1 Å². The van der Waals surface area contributed by atoms with Gasteiger partial charge in [-0.15, -0.1) is 0 Å². The van der Waals surface area contributed by atoms with Crippen LogP contribution < -0.4 is 15.5 Å². The normalized spacial score (nSPS) is 18.7. The minimum Gasteiger partial charge on any atom is -0.312 e. The van der Waals surface area contributed by atoms with Gasteiger partial charge in [0.25, 0.3) is 11.8 Å². The predicted molar refractivity (Wildman–Crippen MR) is 104 cm³/mol. The van der Waals surface area contributed by atoms with Crippen LogP contribution in [0.3, 0.4) is 0 Å². The molecule has 2 aromatic carbocycles. The van der Waals surface area contributed by atoms with Gasteiger partial charge in [0.1, 0.15) is 0 Å². The van der Waals surface area contributed by atoms with Crippen LogP contribution in [0.25, 0.3) is 0 Å². The fourth-order valence-corrected chi connectivity index (χ4v) is 3.57. The maximum atomic E-state index is 13.1. The van der Waals surface area contributed by atoms with Crippen molar-refractivity contribution in [3.05, 3.63) is 54.6 Å². The van der Waals surface area contributed by atoms with E-state index in [1.54, 1.807) is 9.80 Å². The van der Waals surface area contributed by atoms with Gasteiger partial charge in [-0.2, -0.15) is 0 Å². The minimum atomic E-state index is -1.22. The van der Waals surface area contributed by atoms with Gasteiger partial charge in [-0.1, -0.05) is 44.2 Å². The molecule has 2 amide bonds. The Hall–Kier alpha value is -2.66. The molecule has 2 unspecified atom stereocenters. The molecule has 26 heavy (non-hydrogen) atoms. The number of amides is 2. The van der Waals surface area contributed by atoms with Gasteiger partial charge < -0.3 is 10.6 Å². The van der Waals surface area contributed by atoms with E-state index in [4.69, 9.17) is 5.73 Å². The molecule has 2 aromatic rings. The second-order valence-electron chi connectivity index (χ2n) is 7.16. The van der Waals surface area contributed by atoms with Crippen LogP contribution in [0.4, 0.5) is 17.1 Å². The summed E-state index contributed by atoms with van der Waals surface area (Å²) in [4.78, 5) is 29.4. The van der Waals surface area contributed by atoms with E-state index < -0.39 is 11.9 Å². The summed E-state index contributed by atoms with van der Waals surface area (Å²) in [5.41, 5.74) is 8.21. The number of para-hydroxylation sites is 3. The third-order valence-corrected chi connectivity index (χ3v) is 4.64. The van der Waals surface area contributed by atoms with Crippen molar-refractivity contribution in [2.75, 3.05) is 9.80 Å². The number of nitrogens with two attached hydrogens (primary N) is 1. The summed E-state index contributed by atoms with van der Waals surface area (Å²) in [5, 5.41) is 0. The first-order chi connectivity index (χ1) is 12.4. The molecule has 0 aromatic heterocycles. The first-order valence-corrected chi connectivity index (χ1v) is 8.98. The number of anilines is 3. The zero-order valence-corrected chi connectivity index (χ0v) is 15.4. The van der Waals surface area contributed by atoms with E-state index in [9.17, 15) is 9.59 Å². The first-order valence-electron chi connectivity index (χ1n) is 8.98. The molecule has 5 heteroatoms. The van der Waals surface area contributed by atoms with Crippen LogP contribution in [0.2, 0.25) is 0 Å². The third kappa shape index (κ3) is 3.22. The summed E-state index contributed by atoms with van der Waals surface area (Å²) >= 11 is 0. The van der Waals surface area contributed by atoms with Crippen molar-refractivity contribution in [3.63, 3.8) is 0 Å². The molecule has 0 radical (unpaired) electrons. The van der Waals surface area contributed by atoms with Crippen LogP contribution in [0.15, 0.2) is 54.6 Å². The molecule has 3 rings (SSSR count). The molecule has 0 saturated carbocycles. The number of hydrogen-bond acceptors (Lipinski definition) is 3. The largest absolute Gasteiger partial charge is 0.312 e. The Labute approximate surface area is 154 Å². The van der Waals surface area contributed by atoms with Gasteiger partial charge >= 0.3 is 0 Å². The summed E-state index contributed by atoms with van der Waals surface area (Å²) in [6, 6.07) is 15.5. The van der Waals surface area contributed by atoms with E-state index in [1.807, 2.05) is 61.5 Å². The van der Waals surface area contributed by atoms with Crippen LogP contribution in [0.5, 0.6) is 0 Å². The summed E-state index contributed by atoms with van der Waals surface area (Å²) < 4.78 is 0. The summed E-state index contributed by atoms with van der Waals surface area (Å²) in [7, 11) is 0. The molecule has 0 aliphatic carbocycles. The number of hydrogen-bond donors (Lipinski definition) is 1. The zero-order valence-electron chi connectivity index (χ0n) is 15.4. The number of nitrogens with zero attached hydrogens (tertiary/aromatic N) is 2. The second kappa shape index (κ2) is 7.30. The van der Waals surface area contributed by atoms with Gasteiger partial charge in [0, 0.05) is 11.7 Å². The first kappa shape index (κ1) is 18.1. The Balaban J connectivity index is 2.18. The monoisotopic (exact) mass is 351 g/mol. The highest BCUT2D eigenvalue weighted by molar-refractivity contribution is 6.22. The quantitative estimate of drug-likeness (QED) is 0.858.